The third-order valence-electron chi connectivity index (χ3n) is 6.31. The number of esters is 1. The molecule has 1 unspecified atom stereocenters. The number of ether oxygens (including phenoxy) is 1. The van der Waals surface area contributed by atoms with Gasteiger partial charge in [-0.1, -0.05) is 19.3 Å². The van der Waals surface area contributed by atoms with E-state index in [1.165, 1.54) is 6.42 Å². The maximum atomic E-state index is 12.8. The van der Waals surface area contributed by atoms with Gasteiger partial charge in [-0.05, 0) is 38.5 Å². The van der Waals surface area contributed by atoms with Crippen molar-refractivity contribution in [1.29, 1.82) is 0 Å². The quantitative estimate of drug-likeness (QED) is 0.554. The molecule has 1 aliphatic carbocycles. The topological polar surface area (TPSA) is 105 Å². The highest BCUT2D eigenvalue weighted by Gasteiger charge is 2.49. The van der Waals surface area contributed by atoms with Crippen LogP contribution in [0.15, 0.2) is 0 Å². The lowest BCUT2D eigenvalue weighted by molar-refractivity contribution is -0.166. The second-order valence-corrected chi connectivity index (χ2v) is 7.81. The molecule has 0 spiro atoms. The summed E-state index contributed by atoms with van der Waals surface area (Å²) in [7, 11) is 0. The van der Waals surface area contributed by atoms with E-state index in [2.05, 4.69) is 10.6 Å². The molecule has 150 valence electrons. The van der Waals surface area contributed by atoms with E-state index in [0.29, 0.717) is 38.5 Å². The summed E-state index contributed by atoms with van der Waals surface area (Å²) < 4.78 is 5.42. The summed E-state index contributed by atoms with van der Waals surface area (Å²) in [6.07, 6.45) is 6.75. The summed E-state index contributed by atoms with van der Waals surface area (Å²) in [4.78, 5) is 49.9. The Labute approximate surface area is 159 Å². The molecule has 3 rings (SSSR count). The van der Waals surface area contributed by atoms with Gasteiger partial charge in [-0.15, -0.1) is 0 Å². The second-order valence-electron chi connectivity index (χ2n) is 7.81. The molecule has 1 atom stereocenters. The molecule has 27 heavy (non-hydrogen) atoms. The Bertz CT molecular complexity index is 606. The normalized spacial score (nSPS) is 25.7. The van der Waals surface area contributed by atoms with Gasteiger partial charge >= 0.3 is 12.0 Å². The van der Waals surface area contributed by atoms with Crippen LogP contribution in [0.2, 0.25) is 0 Å². The predicted molar refractivity (Wildman–Crippen MR) is 96.5 cm³/mol. The third kappa shape index (κ3) is 4.09. The number of carbonyl (C=O) groups excluding carboxylic acids is 4. The van der Waals surface area contributed by atoms with Crippen LogP contribution in [0.4, 0.5) is 4.79 Å². The number of carbonyl (C=O) groups is 4. The van der Waals surface area contributed by atoms with E-state index in [-0.39, 0.29) is 18.3 Å². The molecule has 3 fully saturated rings. The molecular formula is C19H29N3O5. The Balaban J connectivity index is 1.63. The van der Waals surface area contributed by atoms with Crippen LogP contribution in [0.25, 0.3) is 0 Å². The Morgan fingerprint density at radius 3 is 2.37 bits per heavy atom. The number of nitrogens with one attached hydrogen (secondary N) is 2. The summed E-state index contributed by atoms with van der Waals surface area (Å²) in [5, 5.41) is 4.59. The number of nitrogens with zero attached hydrogens (tertiary/aromatic N) is 1. The van der Waals surface area contributed by atoms with Crippen LogP contribution in [-0.4, -0.2) is 54.5 Å². The average Bonchev–Trinajstić information content (AvgIpc) is 2.99. The lowest BCUT2D eigenvalue weighted by atomic mass is 9.63. The van der Waals surface area contributed by atoms with Gasteiger partial charge in [-0.25, -0.2) is 4.79 Å². The largest absolute Gasteiger partial charge is 0.466 e. The Morgan fingerprint density at radius 1 is 1.15 bits per heavy atom. The van der Waals surface area contributed by atoms with E-state index in [1.807, 2.05) is 6.92 Å². The number of rotatable bonds is 5. The first-order chi connectivity index (χ1) is 13.0. The van der Waals surface area contributed by atoms with Crippen molar-refractivity contribution in [2.75, 3.05) is 19.7 Å². The van der Waals surface area contributed by atoms with Gasteiger partial charge < -0.3 is 15.0 Å². The van der Waals surface area contributed by atoms with Gasteiger partial charge in [0.05, 0.1) is 18.4 Å². The van der Waals surface area contributed by atoms with Crippen molar-refractivity contribution in [3.63, 3.8) is 0 Å². The smallest absolute Gasteiger partial charge is 0.322 e. The second kappa shape index (κ2) is 8.27. The molecule has 0 aromatic carbocycles. The summed E-state index contributed by atoms with van der Waals surface area (Å²) in [5.41, 5.74) is -0.494. The molecule has 0 radical (unpaired) electrons. The highest BCUT2D eigenvalue weighted by atomic mass is 16.5. The number of imide groups is 1. The first kappa shape index (κ1) is 19.6. The number of urea groups is 1. The van der Waals surface area contributed by atoms with Gasteiger partial charge in [0.25, 0.3) is 5.91 Å². The molecule has 2 aliphatic heterocycles. The van der Waals surface area contributed by atoms with E-state index < -0.39 is 23.4 Å². The van der Waals surface area contributed by atoms with Crippen LogP contribution in [-0.2, 0) is 19.1 Å². The van der Waals surface area contributed by atoms with Crippen LogP contribution in [0.3, 0.4) is 0 Å². The fraction of sp³-hybridized carbons (Fsp3) is 0.789. The fourth-order valence-electron chi connectivity index (χ4n) is 4.77. The van der Waals surface area contributed by atoms with Crippen LogP contribution >= 0.6 is 0 Å². The van der Waals surface area contributed by atoms with Gasteiger partial charge in [0.2, 0.25) is 5.91 Å². The van der Waals surface area contributed by atoms with Crippen molar-refractivity contribution in [3.05, 3.63) is 0 Å². The van der Waals surface area contributed by atoms with Crippen LogP contribution in [0, 0.1) is 11.3 Å². The Kier molecular flexibility index (Phi) is 6.01. The van der Waals surface area contributed by atoms with Crippen molar-refractivity contribution in [3.8, 4) is 0 Å². The Hall–Kier alpha value is -2.12. The Morgan fingerprint density at radius 2 is 1.81 bits per heavy atom. The minimum Gasteiger partial charge on any atom is -0.466 e. The van der Waals surface area contributed by atoms with E-state index in [1.54, 1.807) is 4.90 Å². The molecular weight excluding hydrogens is 350 g/mol. The summed E-state index contributed by atoms with van der Waals surface area (Å²) in [5.74, 6) is -0.430. The van der Waals surface area contributed by atoms with Crippen LogP contribution in [0.5, 0.6) is 0 Å². The summed E-state index contributed by atoms with van der Waals surface area (Å²) >= 11 is 0. The molecule has 1 saturated carbocycles. The molecule has 2 saturated heterocycles. The van der Waals surface area contributed by atoms with E-state index in [9.17, 15) is 19.2 Å². The minimum absolute atomic E-state index is 0.0482. The van der Waals surface area contributed by atoms with E-state index >= 15 is 0 Å². The minimum atomic E-state index is -0.805. The number of hydrogen-bond acceptors (Lipinski definition) is 5. The zero-order valence-corrected chi connectivity index (χ0v) is 15.9. The molecule has 0 bridgehead atoms. The highest BCUT2D eigenvalue weighted by Crippen LogP contribution is 2.46. The number of hydrogen-bond donors (Lipinski definition) is 2. The molecule has 2 N–H and O–H groups in total. The molecule has 4 amide bonds. The SMILES string of the molecule is CCOC(=O)C1(C2CCCCC2)CCN(C(=O)CC2NC(=O)NC2=O)CC1. The maximum Gasteiger partial charge on any atom is 0.322 e. The first-order valence-corrected chi connectivity index (χ1v) is 10.0. The lowest BCUT2D eigenvalue weighted by Gasteiger charge is -2.46. The van der Waals surface area contributed by atoms with Crippen molar-refractivity contribution in [2.45, 2.75) is 64.3 Å². The van der Waals surface area contributed by atoms with Gasteiger partial charge in [0.1, 0.15) is 6.04 Å². The molecule has 0 aromatic heterocycles. The van der Waals surface area contributed by atoms with E-state index in [4.69, 9.17) is 4.74 Å². The fourth-order valence-corrected chi connectivity index (χ4v) is 4.77. The van der Waals surface area contributed by atoms with Crippen LogP contribution < -0.4 is 10.6 Å². The summed E-state index contributed by atoms with van der Waals surface area (Å²) in [6, 6.07) is -1.37. The molecule has 8 heteroatoms. The van der Waals surface area contributed by atoms with Crippen molar-refractivity contribution in [1.82, 2.24) is 15.5 Å². The molecule has 2 heterocycles. The third-order valence-corrected chi connectivity index (χ3v) is 6.31. The zero-order chi connectivity index (χ0) is 19.4. The number of amides is 4. The molecule has 8 nitrogen and oxygen atoms in total. The monoisotopic (exact) mass is 379 g/mol. The molecule has 3 aliphatic rings. The van der Waals surface area contributed by atoms with Crippen molar-refractivity contribution >= 4 is 23.8 Å². The first-order valence-electron chi connectivity index (χ1n) is 10.0. The predicted octanol–water partition coefficient (Wildman–Crippen LogP) is 1.34. The average molecular weight is 379 g/mol. The number of likely N-dealkylation sites (tertiary alicyclic amines) is 1. The van der Waals surface area contributed by atoms with E-state index in [0.717, 1.165) is 25.7 Å². The summed E-state index contributed by atoms with van der Waals surface area (Å²) in [6.45, 7) is 3.16. The molecule has 0 aromatic rings. The van der Waals surface area contributed by atoms with Gasteiger partial charge in [-0.3, -0.25) is 19.7 Å². The van der Waals surface area contributed by atoms with Gasteiger partial charge in [0.15, 0.2) is 0 Å². The zero-order valence-electron chi connectivity index (χ0n) is 15.9. The number of piperidine rings is 1. The maximum absolute atomic E-state index is 12.8. The standard InChI is InChI=1S/C19H29N3O5/c1-2-27-17(25)19(13-6-4-3-5-7-13)8-10-22(11-9-19)15(23)12-14-16(24)21-18(26)20-14/h13-14H,2-12H2,1H3,(H2,20,21,24,26). The lowest BCUT2D eigenvalue weighted by Crippen LogP contribution is -2.51. The van der Waals surface area contributed by atoms with Crippen molar-refractivity contribution < 1.29 is 23.9 Å². The van der Waals surface area contributed by atoms with Crippen LogP contribution in [0.1, 0.15) is 58.3 Å². The highest BCUT2D eigenvalue weighted by molar-refractivity contribution is 6.05. The van der Waals surface area contributed by atoms with Crippen molar-refractivity contribution in [2.24, 2.45) is 11.3 Å². The van der Waals surface area contributed by atoms with Gasteiger partial charge in [-0.2, -0.15) is 0 Å². The van der Waals surface area contributed by atoms with Gasteiger partial charge in [0, 0.05) is 13.1 Å².